The number of halogens is 5. The molecular formula is C22H17F5N2O4S. The van der Waals surface area contributed by atoms with Crippen LogP contribution in [0.4, 0.5) is 27.6 Å². The summed E-state index contributed by atoms with van der Waals surface area (Å²) >= 11 is 0. The Morgan fingerprint density at radius 2 is 1.76 bits per heavy atom. The van der Waals surface area contributed by atoms with Gasteiger partial charge in [-0.15, -0.1) is 0 Å². The number of alkyl halides is 3. The van der Waals surface area contributed by atoms with E-state index in [9.17, 15) is 35.2 Å². The van der Waals surface area contributed by atoms with Gasteiger partial charge in [-0.3, -0.25) is 9.78 Å². The van der Waals surface area contributed by atoms with E-state index in [2.05, 4.69) is 10.3 Å². The van der Waals surface area contributed by atoms with Crippen LogP contribution in [0.5, 0.6) is 5.75 Å². The van der Waals surface area contributed by atoms with Crippen molar-refractivity contribution in [3.63, 3.8) is 0 Å². The van der Waals surface area contributed by atoms with Crippen LogP contribution in [0.25, 0.3) is 11.1 Å². The molecule has 0 saturated heterocycles. The molecule has 0 fully saturated rings. The number of nitrogens with zero attached hydrogens (tertiary/aromatic N) is 1. The quantitative estimate of drug-likeness (QED) is 0.489. The number of hydrogen-bond donors (Lipinski definition) is 1. The minimum absolute atomic E-state index is 0.0579. The molecule has 0 saturated carbocycles. The van der Waals surface area contributed by atoms with Gasteiger partial charge in [0.25, 0.3) is 5.91 Å². The van der Waals surface area contributed by atoms with Crippen molar-refractivity contribution in [2.75, 3.05) is 18.7 Å². The average Bonchev–Trinajstić information content (AvgIpc) is 2.72. The number of carbonyl (C=O) groups is 1. The molecule has 0 aliphatic rings. The van der Waals surface area contributed by atoms with Crippen LogP contribution in [0.2, 0.25) is 0 Å². The third-order valence-corrected chi connectivity index (χ3v) is 5.47. The van der Waals surface area contributed by atoms with Gasteiger partial charge in [-0.1, -0.05) is 0 Å². The van der Waals surface area contributed by atoms with Gasteiger partial charge in [0.1, 0.15) is 5.82 Å². The van der Waals surface area contributed by atoms with E-state index in [1.54, 1.807) is 0 Å². The highest BCUT2D eigenvalue weighted by Crippen LogP contribution is 2.35. The number of rotatable bonds is 6. The molecule has 180 valence electrons. The topological polar surface area (TPSA) is 85.4 Å². The number of aromatic nitrogens is 1. The standard InChI is InChI=1S/C22H17F5N2O4S/c1-33-20-8-16(17(23)9-18(20)24)15-3-4-28-10-19(15)29-21(30)13-5-12(11-34(2,31)32)6-14(7-13)22(25,26)27/h3-10H,11H2,1-2H3,(H,29,30). The summed E-state index contributed by atoms with van der Waals surface area (Å²) in [6.45, 7) is 0. The summed E-state index contributed by atoms with van der Waals surface area (Å²) in [5, 5.41) is 2.35. The second kappa shape index (κ2) is 9.37. The molecule has 0 aliphatic carbocycles. The van der Waals surface area contributed by atoms with E-state index < -0.39 is 50.4 Å². The van der Waals surface area contributed by atoms with Crippen molar-refractivity contribution in [3.8, 4) is 16.9 Å². The summed E-state index contributed by atoms with van der Waals surface area (Å²) in [6.07, 6.45) is -1.58. The number of methoxy groups -OCH3 is 1. The summed E-state index contributed by atoms with van der Waals surface area (Å²) in [6, 6.07) is 5.19. The van der Waals surface area contributed by atoms with Gasteiger partial charge in [-0.25, -0.2) is 17.2 Å². The first-order valence-corrected chi connectivity index (χ1v) is 11.5. The van der Waals surface area contributed by atoms with Crippen LogP contribution in [0, 0.1) is 11.6 Å². The lowest BCUT2D eigenvalue weighted by molar-refractivity contribution is -0.137. The summed E-state index contributed by atoms with van der Waals surface area (Å²) < 4.78 is 96.3. The fraction of sp³-hybridized carbons (Fsp3) is 0.182. The van der Waals surface area contributed by atoms with E-state index in [-0.39, 0.29) is 28.1 Å². The number of benzene rings is 2. The highest BCUT2D eigenvalue weighted by atomic mass is 32.2. The second-order valence-electron chi connectivity index (χ2n) is 7.33. The number of nitrogens with one attached hydrogen (secondary N) is 1. The average molecular weight is 500 g/mol. The fourth-order valence-electron chi connectivity index (χ4n) is 3.19. The van der Waals surface area contributed by atoms with Crippen LogP contribution >= 0.6 is 0 Å². The predicted octanol–water partition coefficient (Wildman–Crippen LogP) is 4.85. The highest BCUT2D eigenvalue weighted by molar-refractivity contribution is 7.89. The molecule has 1 N–H and O–H groups in total. The lowest BCUT2D eigenvalue weighted by Gasteiger charge is -2.15. The first-order chi connectivity index (χ1) is 15.8. The van der Waals surface area contributed by atoms with Gasteiger partial charge in [-0.2, -0.15) is 13.2 Å². The van der Waals surface area contributed by atoms with Crippen molar-refractivity contribution in [3.05, 3.63) is 77.1 Å². The molecule has 0 spiro atoms. The van der Waals surface area contributed by atoms with Crippen molar-refractivity contribution >= 4 is 21.4 Å². The number of carbonyl (C=O) groups excluding carboxylic acids is 1. The summed E-state index contributed by atoms with van der Waals surface area (Å²) in [5.41, 5.74) is -2.09. The molecule has 1 amide bonds. The minimum atomic E-state index is -4.84. The summed E-state index contributed by atoms with van der Waals surface area (Å²) in [7, 11) is -2.51. The Balaban J connectivity index is 2.04. The summed E-state index contributed by atoms with van der Waals surface area (Å²) in [4.78, 5) is 16.7. The molecule has 1 heterocycles. The number of sulfone groups is 1. The zero-order valence-electron chi connectivity index (χ0n) is 17.7. The molecule has 34 heavy (non-hydrogen) atoms. The third-order valence-electron chi connectivity index (χ3n) is 4.61. The van der Waals surface area contributed by atoms with Crippen LogP contribution in [0.3, 0.4) is 0 Å². The molecule has 12 heteroatoms. The molecular weight excluding hydrogens is 483 g/mol. The molecule has 3 aromatic rings. The Bertz CT molecular complexity index is 1360. The molecule has 1 aromatic heterocycles. The van der Waals surface area contributed by atoms with Crippen LogP contribution in [0.15, 0.2) is 48.8 Å². The van der Waals surface area contributed by atoms with Gasteiger partial charge in [0, 0.05) is 35.2 Å². The maximum Gasteiger partial charge on any atom is 0.416 e. The Morgan fingerprint density at radius 1 is 1.06 bits per heavy atom. The Morgan fingerprint density at radius 3 is 2.38 bits per heavy atom. The van der Waals surface area contributed by atoms with Gasteiger partial charge in [0.15, 0.2) is 21.4 Å². The lowest BCUT2D eigenvalue weighted by Crippen LogP contribution is -2.16. The van der Waals surface area contributed by atoms with Gasteiger partial charge in [0.2, 0.25) is 0 Å². The zero-order chi connectivity index (χ0) is 25.3. The predicted molar refractivity (Wildman–Crippen MR) is 114 cm³/mol. The third kappa shape index (κ3) is 5.87. The van der Waals surface area contributed by atoms with Gasteiger partial charge < -0.3 is 10.1 Å². The SMILES string of the molecule is COc1cc(-c2ccncc2NC(=O)c2cc(CS(C)(=O)=O)cc(C(F)(F)F)c2)c(F)cc1F. The molecule has 0 radical (unpaired) electrons. The van der Waals surface area contributed by atoms with Crippen molar-refractivity contribution < 1.29 is 39.9 Å². The van der Waals surface area contributed by atoms with E-state index >= 15 is 0 Å². The molecule has 6 nitrogen and oxygen atoms in total. The fourth-order valence-corrected chi connectivity index (χ4v) is 3.96. The largest absolute Gasteiger partial charge is 0.494 e. The van der Waals surface area contributed by atoms with E-state index in [1.807, 2.05) is 0 Å². The van der Waals surface area contributed by atoms with Crippen LogP contribution in [0.1, 0.15) is 21.5 Å². The Hall–Kier alpha value is -3.54. The normalized spacial score (nSPS) is 11.9. The molecule has 0 aliphatic heterocycles. The smallest absolute Gasteiger partial charge is 0.416 e. The Kier molecular flexibility index (Phi) is 6.92. The first-order valence-electron chi connectivity index (χ1n) is 9.46. The second-order valence-corrected chi connectivity index (χ2v) is 9.47. The summed E-state index contributed by atoms with van der Waals surface area (Å²) in [5.74, 6) is -3.94. The van der Waals surface area contributed by atoms with Crippen LogP contribution in [-0.4, -0.2) is 32.7 Å². The molecule has 2 aromatic carbocycles. The van der Waals surface area contributed by atoms with Gasteiger partial charge >= 0.3 is 6.18 Å². The number of ether oxygens (including phenoxy) is 1. The lowest BCUT2D eigenvalue weighted by atomic mass is 10.0. The monoisotopic (exact) mass is 500 g/mol. The molecule has 0 atom stereocenters. The van der Waals surface area contributed by atoms with Crippen molar-refractivity contribution in [2.24, 2.45) is 0 Å². The maximum atomic E-state index is 14.5. The first kappa shape index (κ1) is 25.1. The van der Waals surface area contributed by atoms with Crippen molar-refractivity contribution in [2.45, 2.75) is 11.9 Å². The Labute approximate surface area is 191 Å². The van der Waals surface area contributed by atoms with Crippen molar-refractivity contribution in [1.29, 1.82) is 0 Å². The van der Waals surface area contributed by atoms with Crippen molar-refractivity contribution in [1.82, 2.24) is 4.98 Å². The number of anilines is 1. The maximum absolute atomic E-state index is 14.5. The zero-order valence-corrected chi connectivity index (χ0v) is 18.5. The highest BCUT2D eigenvalue weighted by Gasteiger charge is 2.32. The van der Waals surface area contributed by atoms with Gasteiger partial charge in [-0.05, 0) is 35.9 Å². The van der Waals surface area contributed by atoms with E-state index in [1.165, 1.54) is 19.4 Å². The van der Waals surface area contributed by atoms with Crippen LogP contribution in [-0.2, 0) is 21.8 Å². The van der Waals surface area contributed by atoms with E-state index in [0.717, 1.165) is 24.6 Å². The van der Waals surface area contributed by atoms with Crippen LogP contribution < -0.4 is 10.1 Å². The molecule has 3 rings (SSSR count). The minimum Gasteiger partial charge on any atom is -0.494 e. The van der Waals surface area contributed by atoms with Gasteiger partial charge in [0.05, 0.1) is 30.3 Å². The number of hydrogen-bond acceptors (Lipinski definition) is 5. The molecule has 0 unspecified atom stereocenters. The van der Waals surface area contributed by atoms with E-state index in [4.69, 9.17) is 4.74 Å². The number of amides is 1. The molecule has 0 bridgehead atoms. The van der Waals surface area contributed by atoms with E-state index in [0.29, 0.717) is 18.2 Å². The number of pyridine rings is 1.